The molecular formula is C10H12N6O. The SMILES string of the molecule is Cc1cc(NN)nc(Cn2cnccc2=O)n1. The Bertz CT molecular complexity index is 579. The zero-order valence-electron chi connectivity index (χ0n) is 9.29. The lowest BCUT2D eigenvalue weighted by molar-refractivity contribution is 0.694. The van der Waals surface area contributed by atoms with E-state index in [1.807, 2.05) is 6.92 Å². The number of aryl methyl sites for hydroxylation is 1. The predicted molar refractivity (Wildman–Crippen MR) is 62.2 cm³/mol. The fourth-order valence-electron chi connectivity index (χ4n) is 1.42. The van der Waals surface area contributed by atoms with Gasteiger partial charge in [-0.05, 0) is 6.92 Å². The van der Waals surface area contributed by atoms with Crippen LogP contribution in [0.15, 0.2) is 29.5 Å². The second-order valence-corrected chi connectivity index (χ2v) is 3.50. The number of hydrogen-bond acceptors (Lipinski definition) is 6. The maximum absolute atomic E-state index is 11.5. The van der Waals surface area contributed by atoms with Crippen LogP contribution in [-0.4, -0.2) is 19.5 Å². The van der Waals surface area contributed by atoms with Crippen LogP contribution in [0, 0.1) is 6.92 Å². The average molecular weight is 232 g/mol. The number of anilines is 1. The Labute approximate surface area is 97.3 Å². The molecule has 3 N–H and O–H groups in total. The molecule has 0 saturated heterocycles. The summed E-state index contributed by atoms with van der Waals surface area (Å²) in [7, 11) is 0. The van der Waals surface area contributed by atoms with Gasteiger partial charge in [-0.3, -0.25) is 9.36 Å². The van der Waals surface area contributed by atoms with Crippen LogP contribution in [0.1, 0.15) is 11.5 Å². The number of hydrazine groups is 1. The van der Waals surface area contributed by atoms with Gasteiger partial charge in [-0.1, -0.05) is 0 Å². The third-order valence-electron chi connectivity index (χ3n) is 2.15. The van der Waals surface area contributed by atoms with E-state index >= 15 is 0 Å². The predicted octanol–water partition coefficient (Wildman–Crippen LogP) is -0.324. The summed E-state index contributed by atoms with van der Waals surface area (Å²) in [6, 6.07) is 3.10. The van der Waals surface area contributed by atoms with Crippen molar-refractivity contribution in [1.29, 1.82) is 0 Å². The van der Waals surface area contributed by atoms with Crippen molar-refractivity contribution >= 4 is 5.82 Å². The van der Waals surface area contributed by atoms with Gasteiger partial charge in [0, 0.05) is 24.0 Å². The molecule has 88 valence electrons. The van der Waals surface area contributed by atoms with Gasteiger partial charge in [0.05, 0.1) is 12.9 Å². The minimum Gasteiger partial charge on any atom is -0.308 e. The van der Waals surface area contributed by atoms with Crippen LogP contribution in [0.5, 0.6) is 0 Å². The largest absolute Gasteiger partial charge is 0.308 e. The molecule has 0 unspecified atom stereocenters. The Morgan fingerprint density at radius 2 is 2.29 bits per heavy atom. The summed E-state index contributed by atoms with van der Waals surface area (Å²) in [5.74, 6) is 6.32. The molecule has 17 heavy (non-hydrogen) atoms. The molecule has 0 bridgehead atoms. The summed E-state index contributed by atoms with van der Waals surface area (Å²) >= 11 is 0. The van der Waals surface area contributed by atoms with Gasteiger partial charge in [-0.25, -0.2) is 20.8 Å². The number of nitrogen functional groups attached to an aromatic ring is 1. The molecule has 0 saturated carbocycles. The monoisotopic (exact) mass is 232 g/mol. The van der Waals surface area contributed by atoms with Crippen LogP contribution in [-0.2, 0) is 6.54 Å². The van der Waals surface area contributed by atoms with Gasteiger partial charge < -0.3 is 5.43 Å². The smallest absolute Gasteiger partial charge is 0.253 e. The highest BCUT2D eigenvalue weighted by Gasteiger charge is 2.03. The van der Waals surface area contributed by atoms with E-state index in [1.54, 1.807) is 6.07 Å². The van der Waals surface area contributed by atoms with Crippen LogP contribution < -0.4 is 16.8 Å². The number of nitrogens with zero attached hydrogens (tertiary/aromatic N) is 4. The molecule has 0 atom stereocenters. The van der Waals surface area contributed by atoms with E-state index < -0.39 is 0 Å². The van der Waals surface area contributed by atoms with E-state index in [0.717, 1.165) is 5.69 Å². The molecule has 2 aromatic heterocycles. The standard InChI is InChI=1S/C10H12N6O/c1-7-4-8(15-11)14-9(13-7)5-16-6-12-3-2-10(16)17/h2-4,6H,5,11H2,1H3,(H,13,14,15). The topological polar surface area (TPSA) is 98.7 Å². The first kappa shape index (κ1) is 11.2. The van der Waals surface area contributed by atoms with Crippen molar-refractivity contribution in [2.75, 3.05) is 5.43 Å². The molecule has 2 aromatic rings. The van der Waals surface area contributed by atoms with Crippen LogP contribution in [0.2, 0.25) is 0 Å². The maximum Gasteiger partial charge on any atom is 0.253 e. The summed E-state index contributed by atoms with van der Waals surface area (Å²) in [5.41, 5.74) is 3.09. The van der Waals surface area contributed by atoms with Crippen LogP contribution in [0.4, 0.5) is 5.82 Å². The van der Waals surface area contributed by atoms with Crippen molar-refractivity contribution < 1.29 is 0 Å². The first-order valence-electron chi connectivity index (χ1n) is 5.00. The Kier molecular flexibility index (Phi) is 3.10. The van der Waals surface area contributed by atoms with E-state index in [9.17, 15) is 4.79 Å². The lowest BCUT2D eigenvalue weighted by Crippen LogP contribution is -2.21. The average Bonchev–Trinajstić information content (AvgIpc) is 2.31. The molecule has 0 aliphatic carbocycles. The molecule has 0 aliphatic rings. The zero-order valence-corrected chi connectivity index (χ0v) is 9.29. The second-order valence-electron chi connectivity index (χ2n) is 3.50. The van der Waals surface area contributed by atoms with Gasteiger partial charge in [-0.15, -0.1) is 0 Å². The number of hydrogen-bond donors (Lipinski definition) is 2. The van der Waals surface area contributed by atoms with E-state index in [1.165, 1.54) is 23.2 Å². The van der Waals surface area contributed by atoms with E-state index in [2.05, 4.69) is 20.4 Å². The van der Waals surface area contributed by atoms with Crippen molar-refractivity contribution in [1.82, 2.24) is 19.5 Å². The molecule has 7 heteroatoms. The van der Waals surface area contributed by atoms with Crippen molar-refractivity contribution in [3.63, 3.8) is 0 Å². The van der Waals surface area contributed by atoms with Gasteiger partial charge in [0.1, 0.15) is 5.82 Å². The minimum absolute atomic E-state index is 0.146. The van der Waals surface area contributed by atoms with Crippen LogP contribution >= 0.6 is 0 Å². The van der Waals surface area contributed by atoms with Gasteiger partial charge in [0.25, 0.3) is 5.56 Å². The number of nitrogens with two attached hydrogens (primary N) is 1. The third-order valence-corrected chi connectivity index (χ3v) is 2.15. The van der Waals surface area contributed by atoms with Gasteiger partial charge >= 0.3 is 0 Å². The highest BCUT2D eigenvalue weighted by Crippen LogP contribution is 2.04. The highest BCUT2D eigenvalue weighted by molar-refractivity contribution is 5.33. The summed E-state index contributed by atoms with van der Waals surface area (Å²) in [5, 5.41) is 0. The maximum atomic E-state index is 11.5. The van der Waals surface area contributed by atoms with Gasteiger partial charge in [0.15, 0.2) is 5.82 Å². The molecule has 0 spiro atoms. The van der Waals surface area contributed by atoms with Crippen molar-refractivity contribution in [3.05, 3.63) is 46.5 Å². The van der Waals surface area contributed by atoms with Gasteiger partial charge in [0.2, 0.25) is 0 Å². The van der Waals surface area contributed by atoms with Crippen molar-refractivity contribution in [2.24, 2.45) is 5.84 Å². The number of nitrogens with one attached hydrogen (secondary N) is 1. The summed E-state index contributed by atoms with van der Waals surface area (Å²) in [6.45, 7) is 2.10. The van der Waals surface area contributed by atoms with Crippen LogP contribution in [0.3, 0.4) is 0 Å². The fourth-order valence-corrected chi connectivity index (χ4v) is 1.42. The minimum atomic E-state index is -0.146. The molecule has 0 amide bonds. The first-order valence-corrected chi connectivity index (χ1v) is 5.00. The summed E-state index contributed by atoms with van der Waals surface area (Å²) < 4.78 is 1.43. The Hall–Kier alpha value is -2.28. The molecular weight excluding hydrogens is 220 g/mol. The second kappa shape index (κ2) is 4.71. The van der Waals surface area contributed by atoms with E-state index in [4.69, 9.17) is 5.84 Å². The normalized spacial score (nSPS) is 10.2. The van der Waals surface area contributed by atoms with E-state index in [-0.39, 0.29) is 12.1 Å². The zero-order chi connectivity index (χ0) is 12.3. The molecule has 7 nitrogen and oxygen atoms in total. The van der Waals surface area contributed by atoms with Gasteiger partial charge in [-0.2, -0.15) is 0 Å². The summed E-state index contributed by atoms with van der Waals surface area (Å²) in [6.07, 6.45) is 2.90. The van der Waals surface area contributed by atoms with E-state index in [0.29, 0.717) is 11.6 Å². The molecule has 0 aromatic carbocycles. The Morgan fingerprint density at radius 3 is 3.00 bits per heavy atom. The lowest BCUT2D eigenvalue weighted by Gasteiger charge is -2.06. The Morgan fingerprint density at radius 1 is 1.47 bits per heavy atom. The van der Waals surface area contributed by atoms with Crippen molar-refractivity contribution in [2.45, 2.75) is 13.5 Å². The number of aromatic nitrogens is 4. The molecule has 2 rings (SSSR count). The lowest BCUT2D eigenvalue weighted by atomic mass is 10.4. The Balaban J connectivity index is 2.33. The van der Waals surface area contributed by atoms with Crippen molar-refractivity contribution in [3.8, 4) is 0 Å². The summed E-state index contributed by atoms with van der Waals surface area (Å²) in [4.78, 5) is 23.7. The molecule has 0 fully saturated rings. The van der Waals surface area contributed by atoms with Crippen LogP contribution in [0.25, 0.3) is 0 Å². The fraction of sp³-hybridized carbons (Fsp3) is 0.200. The highest BCUT2D eigenvalue weighted by atomic mass is 16.1. The number of rotatable bonds is 3. The third kappa shape index (κ3) is 2.64. The molecule has 0 aliphatic heterocycles. The quantitative estimate of drug-likeness (QED) is 0.555. The molecule has 0 radical (unpaired) electrons. The first-order chi connectivity index (χ1) is 8.19. The molecule has 2 heterocycles.